The fourth-order valence-corrected chi connectivity index (χ4v) is 3.32. The van der Waals surface area contributed by atoms with Gasteiger partial charge in [0.1, 0.15) is 0 Å². The van der Waals surface area contributed by atoms with E-state index in [9.17, 15) is 0 Å². The van der Waals surface area contributed by atoms with Crippen LogP contribution in [0.1, 0.15) is 77.1 Å². The molecular formula is C27H32. The zero-order chi connectivity index (χ0) is 20.3. The molecule has 0 aliphatic heterocycles. The maximum atomic E-state index is 6.14. The van der Waals surface area contributed by atoms with Gasteiger partial charge in [-0.05, 0) is 40.0 Å². The van der Waals surface area contributed by atoms with Gasteiger partial charge in [-0.25, -0.2) is 0 Å². The molecule has 140 valence electrons. The van der Waals surface area contributed by atoms with E-state index in [-0.39, 0.29) is 10.8 Å². The molecule has 0 heteroatoms. The molecule has 0 aliphatic rings. The third-order valence-electron chi connectivity index (χ3n) is 5.26. The van der Waals surface area contributed by atoms with Crippen LogP contribution >= 0.6 is 0 Å². The Morgan fingerprint density at radius 2 is 1.00 bits per heavy atom. The van der Waals surface area contributed by atoms with Crippen LogP contribution in [0.2, 0.25) is 0 Å². The predicted octanol–water partition coefficient (Wildman–Crippen LogP) is 6.61. The summed E-state index contributed by atoms with van der Waals surface area (Å²) < 4.78 is 0. The van der Waals surface area contributed by atoms with Crippen LogP contribution < -0.4 is 0 Å². The molecule has 0 unspecified atom stereocenters. The zero-order valence-corrected chi connectivity index (χ0v) is 17.9. The first-order valence-electron chi connectivity index (χ1n) is 9.64. The Morgan fingerprint density at radius 1 is 0.667 bits per heavy atom. The van der Waals surface area contributed by atoms with Crippen LogP contribution in [-0.2, 0) is 16.2 Å². The molecular weight excluding hydrogens is 324 g/mol. The van der Waals surface area contributed by atoms with E-state index in [1.807, 2.05) is 6.92 Å². The van der Waals surface area contributed by atoms with Crippen molar-refractivity contribution >= 4 is 0 Å². The number of hydrogen-bond acceptors (Lipinski definition) is 0. The minimum Gasteiger partial charge on any atom is -0.119 e. The molecule has 0 bridgehead atoms. The lowest BCUT2D eigenvalue weighted by molar-refractivity contribution is 0.587. The van der Waals surface area contributed by atoms with Gasteiger partial charge in [0.2, 0.25) is 0 Å². The van der Waals surface area contributed by atoms with E-state index in [2.05, 4.69) is 108 Å². The van der Waals surface area contributed by atoms with Crippen molar-refractivity contribution in [2.75, 3.05) is 0 Å². The second-order valence-electron chi connectivity index (χ2n) is 9.31. The highest BCUT2D eigenvalue weighted by Gasteiger charge is 2.32. The van der Waals surface area contributed by atoms with Crippen molar-refractivity contribution in [2.24, 2.45) is 0 Å². The third kappa shape index (κ3) is 4.46. The fourth-order valence-electron chi connectivity index (χ4n) is 3.32. The molecule has 0 saturated heterocycles. The highest BCUT2D eigenvalue weighted by molar-refractivity contribution is 5.50. The molecule has 27 heavy (non-hydrogen) atoms. The second kappa shape index (κ2) is 7.66. The van der Waals surface area contributed by atoms with Crippen molar-refractivity contribution in [1.29, 1.82) is 0 Å². The highest BCUT2D eigenvalue weighted by Crippen LogP contribution is 2.37. The molecule has 0 heterocycles. The topological polar surface area (TPSA) is 0 Å². The van der Waals surface area contributed by atoms with Crippen LogP contribution in [-0.4, -0.2) is 0 Å². The predicted molar refractivity (Wildman–Crippen MR) is 118 cm³/mol. The average molecular weight is 357 g/mol. The molecule has 2 aromatic rings. The lowest BCUT2D eigenvalue weighted by Crippen LogP contribution is -2.26. The fraction of sp³-hybridized carbons (Fsp3) is 0.407. The molecule has 0 spiro atoms. The average Bonchev–Trinajstić information content (AvgIpc) is 2.62. The molecule has 0 N–H and O–H groups in total. The smallest absolute Gasteiger partial charge is 0.0918 e. The van der Waals surface area contributed by atoms with Crippen LogP contribution in [0.4, 0.5) is 0 Å². The lowest BCUT2D eigenvalue weighted by Gasteiger charge is -2.30. The summed E-state index contributed by atoms with van der Waals surface area (Å²) in [5, 5.41) is 0. The summed E-state index contributed by atoms with van der Waals surface area (Å²) in [6.07, 6.45) is 6.76. The van der Waals surface area contributed by atoms with E-state index >= 15 is 0 Å². The molecule has 0 atom stereocenters. The number of terminal acetylenes is 1. The van der Waals surface area contributed by atoms with Crippen LogP contribution in [0, 0.1) is 24.2 Å². The minimum absolute atomic E-state index is 0.120. The van der Waals surface area contributed by atoms with Crippen LogP contribution in [0.15, 0.2) is 48.5 Å². The zero-order valence-electron chi connectivity index (χ0n) is 17.9. The number of benzene rings is 2. The van der Waals surface area contributed by atoms with Gasteiger partial charge in [-0.3, -0.25) is 0 Å². The second-order valence-corrected chi connectivity index (χ2v) is 9.31. The third-order valence-corrected chi connectivity index (χ3v) is 5.26. The maximum Gasteiger partial charge on any atom is 0.0918 e. The van der Waals surface area contributed by atoms with E-state index < -0.39 is 5.41 Å². The Bertz CT molecular complexity index is 804. The molecule has 2 aromatic carbocycles. The van der Waals surface area contributed by atoms with Gasteiger partial charge < -0.3 is 0 Å². The SMILES string of the molecule is C#CC(CC#CC)(c1ccc(C(C)(C)C)cc1)c1ccc(C(C)(C)C)cc1. The van der Waals surface area contributed by atoms with Crippen molar-refractivity contribution in [1.82, 2.24) is 0 Å². The Kier molecular flexibility index (Phi) is 5.92. The standard InChI is InChI=1S/C27H32/c1-9-11-20-27(10-2,23-16-12-21(13-17-23)25(3,4)5)24-18-14-22(15-19-24)26(6,7)8/h2,12-19H,20H2,1,3-8H3. The van der Waals surface area contributed by atoms with E-state index in [0.717, 1.165) is 11.1 Å². The Morgan fingerprint density at radius 3 is 1.26 bits per heavy atom. The molecule has 0 fully saturated rings. The Hall–Kier alpha value is -2.44. The van der Waals surface area contributed by atoms with E-state index in [1.54, 1.807) is 0 Å². The summed E-state index contributed by atoms with van der Waals surface area (Å²) in [4.78, 5) is 0. The lowest BCUT2D eigenvalue weighted by atomic mass is 9.71. The minimum atomic E-state index is -0.532. The summed E-state index contributed by atoms with van der Waals surface area (Å²) in [5.41, 5.74) is 4.58. The largest absolute Gasteiger partial charge is 0.119 e. The molecule has 0 saturated carbocycles. The van der Waals surface area contributed by atoms with Crippen molar-refractivity contribution in [3.8, 4) is 24.2 Å². The van der Waals surface area contributed by atoms with Gasteiger partial charge in [0.25, 0.3) is 0 Å². The van der Waals surface area contributed by atoms with Gasteiger partial charge in [-0.2, -0.15) is 0 Å². The normalized spacial score (nSPS) is 12.1. The monoisotopic (exact) mass is 356 g/mol. The van der Waals surface area contributed by atoms with Gasteiger partial charge in [0.05, 0.1) is 5.41 Å². The van der Waals surface area contributed by atoms with Crippen molar-refractivity contribution in [3.63, 3.8) is 0 Å². The van der Waals surface area contributed by atoms with E-state index in [4.69, 9.17) is 6.42 Å². The molecule has 0 radical (unpaired) electrons. The Balaban J connectivity index is 2.59. The van der Waals surface area contributed by atoms with Crippen LogP contribution in [0.5, 0.6) is 0 Å². The first-order valence-corrected chi connectivity index (χ1v) is 9.64. The summed E-state index contributed by atoms with van der Waals surface area (Å²) >= 11 is 0. The van der Waals surface area contributed by atoms with Gasteiger partial charge in [-0.15, -0.1) is 18.3 Å². The number of hydrogen-bond donors (Lipinski definition) is 0. The van der Waals surface area contributed by atoms with Crippen LogP contribution in [0.3, 0.4) is 0 Å². The van der Waals surface area contributed by atoms with Gasteiger partial charge in [-0.1, -0.05) is 96.0 Å². The van der Waals surface area contributed by atoms with Crippen LogP contribution in [0.25, 0.3) is 0 Å². The summed E-state index contributed by atoms with van der Waals surface area (Å²) in [6.45, 7) is 15.2. The van der Waals surface area contributed by atoms with E-state index in [0.29, 0.717) is 6.42 Å². The van der Waals surface area contributed by atoms with Crippen molar-refractivity contribution in [3.05, 3.63) is 70.8 Å². The van der Waals surface area contributed by atoms with Gasteiger partial charge >= 0.3 is 0 Å². The molecule has 0 aromatic heterocycles. The first-order chi connectivity index (χ1) is 12.5. The maximum absolute atomic E-state index is 6.14. The number of rotatable bonds is 3. The van der Waals surface area contributed by atoms with Crippen molar-refractivity contribution < 1.29 is 0 Å². The van der Waals surface area contributed by atoms with Gasteiger partial charge in [0.15, 0.2) is 0 Å². The Labute approximate surface area is 166 Å². The molecule has 2 rings (SSSR count). The quantitative estimate of drug-likeness (QED) is 0.542. The molecule has 0 nitrogen and oxygen atoms in total. The first kappa shape index (κ1) is 20.9. The van der Waals surface area contributed by atoms with Gasteiger partial charge in [0, 0.05) is 6.42 Å². The molecule has 0 amide bonds. The summed E-state index contributed by atoms with van der Waals surface area (Å²) in [5.74, 6) is 9.35. The van der Waals surface area contributed by atoms with E-state index in [1.165, 1.54) is 11.1 Å². The van der Waals surface area contributed by atoms with Crippen molar-refractivity contribution in [2.45, 2.75) is 71.1 Å². The summed E-state index contributed by atoms with van der Waals surface area (Å²) in [6, 6.07) is 17.5. The highest BCUT2D eigenvalue weighted by atomic mass is 14.3. The summed E-state index contributed by atoms with van der Waals surface area (Å²) in [7, 11) is 0. The molecule has 0 aliphatic carbocycles.